The topological polar surface area (TPSA) is 3.24 Å². The van der Waals surface area contributed by atoms with Gasteiger partial charge in [0.25, 0.3) is 0 Å². The Balaban J connectivity index is 0.948. The summed E-state index contributed by atoms with van der Waals surface area (Å²) in [7, 11) is 0. The van der Waals surface area contributed by atoms with E-state index < -0.39 is 0 Å². The molecule has 284 valence electrons. The van der Waals surface area contributed by atoms with Gasteiger partial charge in [0.2, 0.25) is 0 Å². The van der Waals surface area contributed by atoms with Crippen molar-refractivity contribution in [3.8, 4) is 55.6 Å². The van der Waals surface area contributed by atoms with Gasteiger partial charge in [0.1, 0.15) is 0 Å². The zero-order valence-corrected chi connectivity index (χ0v) is 33.9. The lowest BCUT2D eigenvalue weighted by atomic mass is 9.89. The third-order valence-electron chi connectivity index (χ3n) is 12.0. The van der Waals surface area contributed by atoms with Gasteiger partial charge in [0.05, 0.1) is 0 Å². The number of anilines is 3. The molecule has 0 N–H and O–H groups in total. The standard InChI is InChI=1S/C58H41NS/c1-3-13-40(14-4-1)41-27-33-48(34-28-41)59(50-37-31-45(32-38-50)52-22-10-18-43-17-7-8-21-51(43)52)49-35-29-42(30-36-49)46-19-9-20-47(39-46)54-24-12-26-56-55-25-11-23-53(57(55)60-58(54)56)44-15-5-2-6-16-44/h1-7,9-20,22-39H,8,21H2. The molecule has 0 unspecified atom stereocenters. The van der Waals surface area contributed by atoms with Crippen LogP contribution in [0.1, 0.15) is 17.5 Å². The maximum absolute atomic E-state index is 2.37. The van der Waals surface area contributed by atoms with E-state index in [0.29, 0.717) is 0 Å². The Bertz CT molecular complexity index is 3160. The van der Waals surface area contributed by atoms with Gasteiger partial charge in [-0.15, -0.1) is 11.3 Å². The van der Waals surface area contributed by atoms with Crippen LogP contribution in [0.4, 0.5) is 17.1 Å². The zero-order valence-electron chi connectivity index (χ0n) is 33.1. The van der Waals surface area contributed by atoms with Crippen molar-refractivity contribution in [3.05, 3.63) is 230 Å². The molecule has 1 aliphatic carbocycles. The van der Waals surface area contributed by atoms with E-state index in [1.54, 1.807) is 0 Å². The number of nitrogens with zero attached hydrogens (tertiary/aromatic N) is 1. The summed E-state index contributed by atoms with van der Waals surface area (Å²) in [6.45, 7) is 0. The number of benzene rings is 9. The Morgan fingerprint density at radius 3 is 1.43 bits per heavy atom. The normalized spacial score (nSPS) is 12.1. The minimum absolute atomic E-state index is 1.08. The minimum atomic E-state index is 1.08. The molecule has 0 spiro atoms. The second-order valence-corrected chi connectivity index (χ2v) is 16.6. The van der Waals surface area contributed by atoms with Crippen LogP contribution in [0.15, 0.2) is 218 Å². The summed E-state index contributed by atoms with van der Waals surface area (Å²) >= 11 is 1.90. The molecular formula is C58H41NS. The van der Waals surface area contributed by atoms with Crippen molar-refractivity contribution >= 4 is 54.6 Å². The average molecular weight is 784 g/mol. The van der Waals surface area contributed by atoms with Crippen molar-refractivity contribution in [2.24, 2.45) is 0 Å². The predicted molar refractivity (Wildman–Crippen MR) is 259 cm³/mol. The zero-order chi connectivity index (χ0) is 39.8. The Labute approximate surface area is 355 Å². The first-order valence-corrected chi connectivity index (χ1v) is 21.6. The van der Waals surface area contributed by atoms with Gasteiger partial charge in [-0.2, -0.15) is 0 Å². The molecule has 1 aliphatic rings. The second kappa shape index (κ2) is 15.5. The van der Waals surface area contributed by atoms with Crippen LogP contribution >= 0.6 is 11.3 Å². The van der Waals surface area contributed by atoms with Crippen molar-refractivity contribution in [1.82, 2.24) is 0 Å². The summed E-state index contributed by atoms with van der Waals surface area (Å²) < 4.78 is 2.66. The Kier molecular flexibility index (Phi) is 9.26. The van der Waals surface area contributed by atoms with Crippen LogP contribution in [0.3, 0.4) is 0 Å². The molecule has 0 bridgehead atoms. The maximum Gasteiger partial charge on any atom is 0.0462 e. The first-order valence-electron chi connectivity index (χ1n) is 20.8. The van der Waals surface area contributed by atoms with E-state index in [-0.39, 0.29) is 0 Å². The largest absolute Gasteiger partial charge is 0.311 e. The van der Waals surface area contributed by atoms with E-state index >= 15 is 0 Å². The highest BCUT2D eigenvalue weighted by Crippen LogP contribution is 2.45. The van der Waals surface area contributed by atoms with Crippen LogP contribution in [0.25, 0.3) is 81.9 Å². The molecule has 0 radical (unpaired) electrons. The molecule has 0 saturated carbocycles. The molecule has 0 aliphatic heterocycles. The van der Waals surface area contributed by atoms with Crippen LogP contribution in [0.2, 0.25) is 0 Å². The molecule has 10 aromatic rings. The molecule has 2 heteroatoms. The van der Waals surface area contributed by atoms with Crippen LogP contribution < -0.4 is 4.90 Å². The molecular weight excluding hydrogens is 743 g/mol. The van der Waals surface area contributed by atoms with Crippen molar-refractivity contribution < 1.29 is 0 Å². The van der Waals surface area contributed by atoms with Gasteiger partial charge in [-0.25, -0.2) is 0 Å². The molecule has 11 rings (SSSR count). The predicted octanol–water partition coefficient (Wildman–Crippen LogP) is 16.8. The third-order valence-corrected chi connectivity index (χ3v) is 13.3. The van der Waals surface area contributed by atoms with Crippen molar-refractivity contribution in [1.29, 1.82) is 0 Å². The summed E-state index contributed by atoms with van der Waals surface area (Å²) in [4.78, 5) is 2.37. The lowest BCUT2D eigenvalue weighted by molar-refractivity contribution is 0.988. The number of fused-ring (bicyclic) bond motifs is 4. The molecule has 9 aromatic carbocycles. The lowest BCUT2D eigenvalue weighted by Gasteiger charge is -2.26. The van der Waals surface area contributed by atoms with E-state index in [9.17, 15) is 0 Å². The summed E-state index contributed by atoms with van der Waals surface area (Å²) in [5.74, 6) is 0. The molecule has 0 amide bonds. The van der Waals surface area contributed by atoms with Gasteiger partial charge in [-0.1, -0.05) is 182 Å². The molecule has 1 nitrogen and oxygen atoms in total. The molecule has 60 heavy (non-hydrogen) atoms. The molecule has 0 atom stereocenters. The maximum atomic E-state index is 2.37. The van der Waals surface area contributed by atoms with Gasteiger partial charge in [-0.3, -0.25) is 0 Å². The molecule has 0 saturated heterocycles. The fourth-order valence-electron chi connectivity index (χ4n) is 8.98. The SMILES string of the molecule is C1=Cc2cccc(-c3ccc(N(c4ccc(-c5ccccc5)cc4)c4ccc(-c5cccc(-c6cccc7c6sc6c(-c8ccccc8)cccc67)c5)cc4)cc3)c2CC1. The van der Waals surface area contributed by atoms with E-state index in [1.807, 2.05) is 11.3 Å². The second-order valence-electron chi connectivity index (χ2n) is 15.6. The van der Waals surface area contributed by atoms with Gasteiger partial charge in [0, 0.05) is 37.2 Å². The van der Waals surface area contributed by atoms with Gasteiger partial charge >= 0.3 is 0 Å². The van der Waals surface area contributed by atoms with Crippen molar-refractivity contribution in [2.75, 3.05) is 4.90 Å². The summed E-state index contributed by atoms with van der Waals surface area (Å²) in [6, 6.07) is 77.7. The summed E-state index contributed by atoms with van der Waals surface area (Å²) in [5, 5.41) is 2.63. The van der Waals surface area contributed by atoms with E-state index in [0.717, 1.165) is 29.9 Å². The highest BCUT2D eigenvalue weighted by Gasteiger charge is 2.17. The van der Waals surface area contributed by atoms with Crippen LogP contribution in [0.5, 0.6) is 0 Å². The van der Waals surface area contributed by atoms with Crippen LogP contribution in [0, 0.1) is 0 Å². The Morgan fingerprint density at radius 1 is 0.350 bits per heavy atom. The number of hydrogen-bond donors (Lipinski definition) is 0. The highest BCUT2D eigenvalue weighted by molar-refractivity contribution is 7.26. The number of thiophene rings is 1. The number of hydrogen-bond acceptors (Lipinski definition) is 2. The summed E-state index contributed by atoms with van der Waals surface area (Å²) in [5.41, 5.74) is 18.6. The van der Waals surface area contributed by atoms with Gasteiger partial charge in [0.15, 0.2) is 0 Å². The molecule has 0 fully saturated rings. The van der Waals surface area contributed by atoms with Crippen molar-refractivity contribution in [3.63, 3.8) is 0 Å². The smallest absolute Gasteiger partial charge is 0.0462 e. The monoisotopic (exact) mass is 783 g/mol. The first-order chi connectivity index (χ1) is 29.7. The third kappa shape index (κ3) is 6.62. The van der Waals surface area contributed by atoms with E-state index in [2.05, 4.69) is 229 Å². The lowest BCUT2D eigenvalue weighted by Crippen LogP contribution is -2.09. The van der Waals surface area contributed by atoms with Crippen molar-refractivity contribution in [2.45, 2.75) is 12.8 Å². The van der Waals surface area contributed by atoms with Gasteiger partial charge < -0.3 is 4.90 Å². The van der Waals surface area contributed by atoms with E-state index in [1.165, 1.54) is 86.9 Å². The Morgan fingerprint density at radius 2 is 0.800 bits per heavy atom. The molecule has 1 heterocycles. The fraction of sp³-hybridized carbons (Fsp3) is 0.0345. The number of rotatable bonds is 8. The first kappa shape index (κ1) is 35.9. The Hall–Kier alpha value is -7.26. The fourth-order valence-corrected chi connectivity index (χ4v) is 10.4. The van der Waals surface area contributed by atoms with E-state index in [4.69, 9.17) is 0 Å². The van der Waals surface area contributed by atoms with Gasteiger partial charge in [-0.05, 0) is 122 Å². The van der Waals surface area contributed by atoms with Crippen LogP contribution in [-0.2, 0) is 6.42 Å². The minimum Gasteiger partial charge on any atom is -0.311 e. The quantitative estimate of drug-likeness (QED) is 0.148. The average Bonchev–Trinajstić information content (AvgIpc) is 3.72. The summed E-state index contributed by atoms with van der Waals surface area (Å²) in [6.07, 6.45) is 6.72. The highest BCUT2D eigenvalue weighted by atomic mass is 32.1. The number of allylic oxidation sites excluding steroid dienone is 1. The molecule has 1 aromatic heterocycles. The van der Waals surface area contributed by atoms with Crippen LogP contribution in [-0.4, -0.2) is 0 Å².